The Hall–Kier alpha value is -1.06. The van der Waals surface area contributed by atoms with E-state index in [0.29, 0.717) is 6.61 Å². The van der Waals surface area contributed by atoms with Crippen molar-refractivity contribution in [1.29, 1.82) is 0 Å². The van der Waals surface area contributed by atoms with Crippen molar-refractivity contribution in [1.82, 2.24) is 10.6 Å². The molecule has 0 spiro atoms. The lowest BCUT2D eigenvalue weighted by molar-refractivity contribution is 0.123. The maximum atomic E-state index is 5.63. The van der Waals surface area contributed by atoms with Crippen LogP contribution in [0, 0.1) is 5.92 Å². The summed E-state index contributed by atoms with van der Waals surface area (Å²) in [6, 6.07) is 8.39. The van der Waals surface area contributed by atoms with Crippen LogP contribution in [0.2, 0.25) is 0 Å². The van der Waals surface area contributed by atoms with Gasteiger partial charge in [0.2, 0.25) is 0 Å². The standard InChI is InChI=1S/C19H32N4O2.HI/c1-20-19(22-10-3-12-25-15-17-4-5-17)23-14-16-6-8-18(9-7-16)21-11-13-24-2;/h6-9,17,21H,3-5,10-15H2,1-2H3,(H2,20,22,23);1H. The van der Waals surface area contributed by atoms with Gasteiger partial charge in [0.05, 0.1) is 6.61 Å². The Bertz CT molecular complexity index is 507. The third-order valence-electron chi connectivity index (χ3n) is 4.08. The van der Waals surface area contributed by atoms with Gasteiger partial charge in [0.25, 0.3) is 0 Å². The van der Waals surface area contributed by atoms with Gasteiger partial charge >= 0.3 is 0 Å². The Morgan fingerprint density at radius 2 is 1.88 bits per heavy atom. The van der Waals surface area contributed by atoms with Crippen molar-refractivity contribution in [2.75, 3.05) is 52.4 Å². The zero-order valence-corrected chi connectivity index (χ0v) is 18.3. The minimum absolute atomic E-state index is 0. The molecule has 0 heterocycles. The van der Waals surface area contributed by atoms with Crippen molar-refractivity contribution in [3.05, 3.63) is 29.8 Å². The van der Waals surface area contributed by atoms with Crippen LogP contribution in [-0.2, 0) is 16.0 Å². The molecule has 1 aliphatic rings. The lowest BCUT2D eigenvalue weighted by Crippen LogP contribution is -2.37. The number of aliphatic imine (C=N–C) groups is 1. The molecular weight excluding hydrogens is 443 g/mol. The average Bonchev–Trinajstić information content (AvgIpc) is 3.46. The normalized spacial score (nSPS) is 13.8. The second kappa shape index (κ2) is 14.1. The van der Waals surface area contributed by atoms with Crippen molar-refractivity contribution < 1.29 is 9.47 Å². The first kappa shape index (κ1) is 23.0. The summed E-state index contributed by atoms with van der Waals surface area (Å²) in [7, 11) is 3.50. The number of nitrogens with one attached hydrogen (secondary N) is 3. The van der Waals surface area contributed by atoms with Crippen LogP contribution >= 0.6 is 24.0 Å². The van der Waals surface area contributed by atoms with Gasteiger partial charge < -0.3 is 25.4 Å². The maximum Gasteiger partial charge on any atom is 0.191 e. The molecule has 0 amide bonds. The number of benzene rings is 1. The fraction of sp³-hybridized carbons (Fsp3) is 0.632. The Labute approximate surface area is 174 Å². The second-order valence-electron chi connectivity index (χ2n) is 6.34. The molecule has 7 heteroatoms. The third kappa shape index (κ3) is 10.2. The Balaban J connectivity index is 0.00000338. The fourth-order valence-electron chi connectivity index (χ4n) is 2.36. The van der Waals surface area contributed by atoms with Crippen LogP contribution in [0.1, 0.15) is 24.8 Å². The summed E-state index contributed by atoms with van der Waals surface area (Å²) < 4.78 is 10.7. The first-order chi connectivity index (χ1) is 12.3. The van der Waals surface area contributed by atoms with Gasteiger partial charge in [0.15, 0.2) is 5.96 Å². The van der Waals surface area contributed by atoms with Crippen molar-refractivity contribution in [3.63, 3.8) is 0 Å². The van der Waals surface area contributed by atoms with Gasteiger partial charge in [-0.25, -0.2) is 0 Å². The van der Waals surface area contributed by atoms with E-state index in [9.17, 15) is 0 Å². The van der Waals surface area contributed by atoms with E-state index in [0.717, 1.165) is 56.8 Å². The van der Waals surface area contributed by atoms with E-state index in [2.05, 4.69) is 45.2 Å². The summed E-state index contributed by atoms with van der Waals surface area (Å²) in [6.07, 6.45) is 3.69. The Morgan fingerprint density at radius 1 is 1.12 bits per heavy atom. The van der Waals surface area contributed by atoms with Crippen LogP contribution in [0.3, 0.4) is 0 Å². The van der Waals surface area contributed by atoms with Crippen molar-refractivity contribution >= 4 is 35.6 Å². The molecule has 2 rings (SSSR count). The van der Waals surface area contributed by atoms with E-state index in [-0.39, 0.29) is 24.0 Å². The summed E-state index contributed by atoms with van der Waals surface area (Å²) in [5.74, 6) is 1.66. The molecular formula is C19H33IN4O2. The highest BCUT2D eigenvalue weighted by atomic mass is 127. The Morgan fingerprint density at radius 3 is 2.54 bits per heavy atom. The number of anilines is 1. The smallest absolute Gasteiger partial charge is 0.191 e. The molecule has 0 saturated heterocycles. The molecule has 1 aromatic rings. The number of nitrogens with zero attached hydrogens (tertiary/aromatic N) is 1. The number of hydrogen-bond acceptors (Lipinski definition) is 4. The fourth-order valence-corrected chi connectivity index (χ4v) is 2.36. The predicted molar refractivity (Wildman–Crippen MR) is 119 cm³/mol. The van der Waals surface area contributed by atoms with E-state index < -0.39 is 0 Å². The average molecular weight is 476 g/mol. The zero-order chi connectivity index (χ0) is 17.7. The van der Waals surface area contributed by atoms with Gasteiger partial charge in [0, 0.05) is 52.7 Å². The maximum absolute atomic E-state index is 5.63. The largest absolute Gasteiger partial charge is 0.383 e. The van der Waals surface area contributed by atoms with E-state index in [1.807, 2.05) is 0 Å². The van der Waals surface area contributed by atoms with Crippen LogP contribution in [0.25, 0.3) is 0 Å². The van der Waals surface area contributed by atoms with E-state index >= 15 is 0 Å². The van der Waals surface area contributed by atoms with Crippen molar-refractivity contribution in [2.45, 2.75) is 25.8 Å². The van der Waals surface area contributed by atoms with Crippen LogP contribution in [0.4, 0.5) is 5.69 Å². The molecule has 3 N–H and O–H groups in total. The number of halogens is 1. The first-order valence-electron chi connectivity index (χ1n) is 9.16. The topological polar surface area (TPSA) is 66.9 Å². The molecule has 0 bridgehead atoms. The molecule has 6 nitrogen and oxygen atoms in total. The summed E-state index contributed by atoms with van der Waals surface area (Å²) >= 11 is 0. The van der Waals surface area contributed by atoms with Gasteiger partial charge in [-0.3, -0.25) is 4.99 Å². The number of guanidine groups is 1. The highest BCUT2D eigenvalue weighted by Crippen LogP contribution is 2.28. The van der Waals surface area contributed by atoms with Gasteiger partial charge in [-0.2, -0.15) is 0 Å². The summed E-state index contributed by atoms with van der Waals surface area (Å²) in [5.41, 5.74) is 2.32. The molecule has 148 valence electrons. The van der Waals surface area contributed by atoms with E-state index in [4.69, 9.17) is 9.47 Å². The summed E-state index contributed by atoms with van der Waals surface area (Å²) in [5, 5.41) is 9.97. The second-order valence-corrected chi connectivity index (χ2v) is 6.34. The SMILES string of the molecule is CN=C(NCCCOCC1CC1)NCc1ccc(NCCOC)cc1.I. The monoisotopic (exact) mass is 476 g/mol. The molecule has 1 saturated carbocycles. The number of ether oxygens (including phenoxy) is 2. The minimum Gasteiger partial charge on any atom is -0.383 e. The van der Waals surface area contributed by atoms with Crippen LogP contribution in [-0.4, -0.2) is 53.0 Å². The zero-order valence-electron chi connectivity index (χ0n) is 15.9. The molecule has 0 radical (unpaired) electrons. The quantitative estimate of drug-likeness (QED) is 0.188. The lowest BCUT2D eigenvalue weighted by atomic mass is 10.2. The van der Waals surface area contributed by atoms with Gasteiger partial charge in [-0.15, -0.1) is 24.0 Å². The summed E-state index contributed by atoms with van der Waals surface area (Å²) in [6.45, 7) is 4.89. The van der Waals surface area contributed by atoms with E-state index in [1.165, 1.54) is 18.4 Å². The molecule has 1 fully saturated rings. The molecule has 1 aliphatic carbocycles. The van der Waals surface area contributed by atoms with Crippen molar-refractivity contribution in [3.8, 4) is 0 Å². The van der Waals surface area contributed by atoms with Crippen LogP contribution < -0.4 is 16.0 Å². The lowest BCUT2D eigenvalue weighted by Gasteiger charge is -2.12. The van der Waals surface area contributed by atoms with Crippen LogP contribution in [0.15, 0.2) is 29.3 Å². The third-order valence-corrected chi connectivity index (χ3v) is 4.08. The first-order valence-corrected chi connectivity index (χ1v) is 9.16. The minimum atomic E-state index is 0. The van der Waals surface area contributed by atoms with Gasteiger partial charge in [-0.1, -0.05) is 12.1 Å². The number of methoxy groups -OCH3 is 1. The highest BCUT2D eigenvalue weighted by Gasteiger charge is 2.20. The molecule has 26 heavy (non-hydrogen) atoms. The molecule has 1 aromatic carbocycles. The number of hydrogen-bond donors (Lipinski definition) is 3. The van der Waals surface area contributed by atoms with Gasteiger partial charge in [-0.05, 0) is 42.9 Å². The molecule has 0 aromatic heterocycles. The summed E-state index contributed by atoms with van der Waals surface area (Å²) in [4.78, 5) is 4.25. The number of rotatable bonds is 12. The van der Waals surface area contributed by atoms with Crippen LogP contribution in [0.5, 0.6) is 0 Å². The Kier molecular flexibility index (Phi) is 12.4. The van der Waals surface area contributed by atoms with Crippen molar-refractivity contribution in [2.24, 2.45) is 10.9 Å². The molecule has 0 aliphatic heterocycles. The molecule has 0 unspecified atom stereocenters. The highest BCUT2D eigenvalue weighted by molar-refractivity contribution is 14.0. The molecule has 0 atom stereocenters. The predicted octanol–water partition coefficient (Wildman–Crippen LogP) is 2.84. The van der Waals surface area contributed by atoms with Gasteiger partial charge in [0.1, 0.15) is 0 Å². The van der Waals surface area contributed by atoms with E-state index in [1.54, 1.807) is 14.2 Å².